The molecule has 1 aliphatic heterocycles. The number of benzene rings is 2. The van der Waals surface area contributed by atoms with Crippen molar-refractivity contribution in [2.24, 2.45) is 0 Å². The van der Waals surface area contributed by atoms with E-state index in [1.54, 1.807) is 6.07 Å². The van der Waals surface area contributed by atoms with Crippen LogP contribution in [0.3, 0.4) is 0 Å². The molecule has 4 nitrogen and oxygen atoms in total. The van der Waals surface area contributed by atoms with Crippen molar-refractivity contribution in [3.63, 3.8) is 0 Å². The summed E-state index contributed by atoms with van der Waals surface area (Å²) in [6, 6.07) is 9.41. The standard InChI is InChI=1S/C20H17ClF2N2O2S2/c21-14-8-13(9-16(23)10-14)19-12-28-20(24-19)25-6-4-17(5-7-25)29(26,27)18-3-1-2-15(22)11-18/h1-3,8-12,17H,4-7H2. The van der Waals surface area contributed by atoms with Crippen LogP contribution in [-0.2, 0) is 9.84 Å². The Bertz CT molecular complexity index is 1120. The van der Waals surface area contributed by atoms with Crippen LogP contribution in [0.4, 0.5) is 13.9 Å². The van der Waals surface area contributed by atoms with Crippen LogP contribution < -0.4 is 4.90 Å². The van der Waals surface area contributed by atoms with E-state index in [-0.39, 0.29) is 4.90 Å². The number of rotatable bonds is 4. The first-order valence-corrected chi connectivity index (χ1v) is 11.8. The lowest BCUT2D eigenvalue weighted by atomic mass is 10.1. The highest BCUT2D eigenvalue weighted by atomic mass is 35.5. The van der Waals surface area contributed by atoms with Gasteiger partial charge in [0.2, 0.25) is 0 Å². The van der Waals surface area contributed by atoms with Crippen LogP contribution in [0, 0.1) is 11.6 Å². The van der Waals surface area contributed by atoms with Gasteiger partial charge in [-0.15, -0.1) is 11.3 Å². The largest absolute Gasteiger partial charge is 0.348 e. The van der Waals surface area contributed by atoms with Crippen LogP contribution in [-0.4, -0.2) is 31.7 Å². The molecule has 2 aromatic carbocycles. The van der Waals surface area contributed by atoms with Gasteiger partial charge in [0.25, 0.3) is 0 Å². The first kappa shape index (κ1) is 20.3. The Kier molecular flexibility index (Phi) is 5.59. The predicted molar refractivity (Wildman–Crippen MR) is 111 cm³/mol. The Morgan fingerprint density at radius 1 is 1.07 bits per heavy atom. The summed E-state index contributed by atoms with van der Waals surface area (Å²) in [6.45, 7) is 1.05. The van der Waals surface area contributed by atoms with E-state index in [0.717, 1.165) is 11.2 Å². The predicted octanol–water partition coefficient (Wildman–Crippen LogP) is 5.18. The van der Waals surface area contributed by atoms with Crippen molar-refractivity contribution in [3.8, 4) is 11.3 Å². The van der Waals surface area contributed by atoms with Crippen LogP contribution in [0.1, 0.15) is 12.8 Å². The number of sulfone groups is 1. The fraction of sp³-hybridized carbons (Fsp3) is 0.250. The highest BCUT2D eigenvalue weighted by Crippen LogP contribution is 2.32. The molecular weight excluding hydrogens is 438 g/mol. The SMILES string of the molecule is O=S(=O)(c1cccc(F)c1)C1CCN(c2nc(-c3cc(F)cc(Cl)c3)cs2)CC1. The highest BCUT2D eigenvalue weighted by molar-refractivity contribution is 7.92. The van der Waals surface area contributed by atoms with Crippen LogP contribution in [0.2, 0.25) is 5.02 Å². The van der Waals surface area contributed by atoms with E-state index < -0.39 is 26.7 Å². The van der Waals surface area contributed by atoms with Crippen molar-refractivity contribution in [3.05, 3.63) is 64.5 Å². The fourth-order valence-corrected chi connectivity index (χ4v) is 6.31. The summed E-state index contributed by atoms with van der Waals surface area (Å²) in [5.41, 5.74) is 1.22. The van der Waals surface area contributed by atoms with Crippen molar-refractivity contribution < 1.29 is 17.2 Å². The molecule has 1 aliphatic rings. The monoisotopic (exact) mass is 454 g/mol. The van der Waals surface area contributed by atoms with Gasteiger partial charge in [-0.05, 0) is 49.2 Å². The van der Waals surface area contributed by atoms with Crippen molar-refractivity contribution in [1.29, 1.82) is 0 Å². The molecule has 152 valence electrons. The number of nitrogens with zero attached hydrogens (tertiary/aromatic N) is 2. The molecule has 3 aromatic rings. The number of thiazole rings is 1. The first-order valence-electron chi connectivity index (χ1n) is 8.99. The molecule has 2 heterocycles. The molecule has 0 unspecified atom stereocenters. The lowest BCUT2D eigenvalue weighted by Crippen LogP contribution is -2.39. The van der Waals surface area contributed by atoms with Crippen molar-refractivity contribution in [2.75, 3.05) is 18.0 Å². The molecule has 1 fully saturated rings. The number of anilines is 1. The van der Waals surface area contributed by atoms with Crippen LogP contribution >= 0.6 is 22.9 Å². The average Bonchev–Trinajstić information content (AvgIpc) is 3.18. The summed E-state index contributed by atoms with van der Waals surface area (Å²) in [7, 11) is -3.58. The number of piperidine rings is 1. The fourth-order valence-electron chi connectivity index (χ4n) is 3.44. The minimum atomic E-state index is -3.58. The van der Waals surface area contributed by atoms with Crippen molar-refractivity contribution in [2.45, 2.75) is 23.0 Å². The van der Waals surface area contributed by atoms with E-state index >= 15 is 0 Å². The Hall–Kier alpha value is -2.03. The molecule has 0 aliphatic carbocycles. The minimum Gasteiger partial charge on any atom is -0.348 e. The Labute approximate surface area is 176 Å². The molecule has 0 amide bonds. The van der Waals surface area contributed by atoms with Gasteiger partial charge in [0.1, 0.15) is 11.6 Å². The second-order valence-electron chi connectivity index (χ2n) is 6.86. The van der Waals surface area contributed by atoms with Gasteiger partial charge >= 0.3 is 0 Å². The molecule has 4 rings (SSSR count). The maximum Gasteiger partial charge on any atom is 0.185 e. The molecule has 0 saturated carbocycles. The molecule has 0 atom stereocenters. The molecular formula is C20H17ClF2N2O2S2. The summed E-state index contributed by atoms with van der Waals surface area (Å²) in [5, 5.41) is 2.33. The first-order chi connectivity index (χ1) is 13.8. The van der Waals surface area contributed by atoms with E-state index in [0.29, 0.717) is 42.2 Å². The third-order valence-electron chi connectivity index (χ3n) is 4.93. The van der Waals surface area contributed by atoms with Crippen molar-refractivity contribution in [1.82, 2.24) is 4.98 Å². The Morgan fingerprint density at radius 2 is 1.83 bits per heavy atom. The molecule has 0 spiro atoms. The van der Waals surface area contributed by atoms with Gasteiger partial charge in [0.05, 0.1) is 15.8 Å². The quantitative estimate of drug-likeness (QED) is 0.544. The second kappa shape index (κ2) is 8.01. The second-order valence-corrected chi connectivity index (χ2v) is 10.4. The summed E-state index contributed by atoms with van der Waals surface area (Å²) in [6.07, 6.45) is 0.860. The zero-order valence-electron chi connectivity index (χ0n) is 15.2. The summed E-state index contributed by atoms with van der Waals surface area (Å²) in [4.78, 5) is 6.61. The van der Waals surface area contributed by atoms with E-state index in [1.807, 2.05) is 10.3 Å². The third-order valence-corrected chi connectivity index (χ3v) is 8.31. The Balaban J connectivity index is 1.47. The van der Waals surface area contributed by atoms with Crippen LogP contribution in [0.25, 0.3) is 11.3 Å². The normalized spacial score (nSPS) is 15.6. The molecule has 9 heteroatoms. The van der Waals surface area contributed by atoms with Crippen molar-refractivity contribution >= 4 is 37.9 Å². The maximum absolute atomic E-state index is 13.6. The van der Waals surface area contributed by atoms with Gasteiger partial charge in [-0.3, -0.25) is 0 Å². The smallest absolute Gasteiger partial charge is 0.185 e. The minimum absolute atomic E-state index is 0.0236. The topological polar surface area (TPSA) is 50.3 Å². The highest BCUT2D eigenvalue weighted by Gasteiger charge is 2.32. The van der Waals surface area contributed by atoms with E-state index in [2.05, 4.69) is 4.98 Å². The summed E-state index contributed by atoms with van der Waals surface area (Å²) in [5.74, 6) is -0.985. The lowest BCUT2D eigenvalue weighted by Gasteiger charge is -2.31. The van der Waals surface area contributed by atoms with Crippen LogP contribution in [0.15, 0.2) is 52.7 Å². The van der Waals surface area contributed by atoms with Crippen LogP contribution in [0.5, 0.6) is 0 Å². The van der Waals surface area contributed by atoms with Gasteiger partial charge in [-0.1, -0.05) is 17.7 Å². The number of hydrogen-bond acceptors (Lipinski definition) is 5. The summed E-state index contributed by atoms with van der Waals surface area (Å²) >= 11 is 7.34. The number of hydrogen-bond donors (Lipinski definition) is 0. The van der Waals surface area contributed by atoms with E-state index in [4.69, 9.17) is 11.6 Å². The van der Waals surface area contributed by atoms with E-state index in [9.17, 15) is 17.2 Å². The molecule has 1 aromatic heterocycles. The number of halogens is 3. The Morgan fingerprint density at radius 3 is 2.52 bits per heavy atom. The lowest BCUT2D eigenvalue weighted by molar-refractivity contribution is 0.528. The van der Waals surface area contributed by atoms with Gasteiger partial charge in [-0.25, -0.2) is 22.2 Å². The van der Waals surface area contributed by atoms with Gasteiger partial charge in [0, 0.05) is 29.1 Å². The molecule has 1 saturated heterocycles. The van der Waals surface area contributed by atoms with E-state index in [1.165, 1.54) is 41.7 Å². The van der Waals surface area contributed by atoms with Gasteiger partial charge in [-0.2, -0.15) is 0 Å². The summed E-state index contributed by atoms with van der Waals surface area (Å²) < 4.78 is 52.6. The zero-order valence-corrected chi connectivity index (χ0v) is 17.6. The molecule has 0 radical (unpaired) electrons. The average molecular weight is 455 g/mol. The maximum atomic E-state index is 13.6. The zero-order chi connectivity index (χ0) is 20.6. The number of aromatic nitrogens is 1. The third kappa shape index (κ3) is 4.29. The van der Waals surface area contributed by atoms with Gasteiger partial charge < -0.3 is 4.90 Å². The van der Waals surface area contributed by atoms with Gasteiger partial charge in [0.15, 0.2) is 15.0 Å². The molecule has 0 bridgehead atoms. The molecule has 29 heavy (non-hydrogen) atoms. The molecule has 0 N–H and O–H groups in total.